The first kappa shape index (κ1) is 27.5. The number of urea groups is 1. The maximum absolute atomic E-state index is 13.4. The van der Waals surface area contributed by atoms with Gasteiger partial charge in [0.15, 0.2) is 0 Å². The fourth-order valence-corrected chi connectivity index (χ4v) is 4.39. The van der Waals surface area contributed by atoms with Gasteiger partial charge in [-0.25, -0.2) is 4.79 Å². The maximum Gasteiger partial charge on any atom is 0.319 e. The van der Waals surface area contributed by atoms with Crippen LogP contribution in [0.1, 0.15) is 43.6 Å². The zero-order valence-electron chi connectivity index (χ0n) is 22.3. The molecule has 0 spiro atoms. The molecule has 0 aliphatic carbocycles. The third kappa shape index (κ3) is 7.45. The number of likely N-dealkylation sites (N-methyl/N-ethyl adjacent to an activating group) is 1. The fourth-order valence-electron chi connectivity index (χ4n) is 4.39. The molecule has 0 fully saturated rings. The van der Waals surface area contributed by atoms with E-state index in [4.69, 9.17) is 9.47 Å². The van der Waals surface area contributed by atoms with Crippen molar-refractivity contribution in [2.75, 3.05) is 39.2 Å². The zero-order valence-corrected chi connectivity index (χ0v) is 22.3. The van der Waals surface area contributed by atoms with E-state index in [0.717, 1.165) is 13.1 Å². The van der Waals surface area contributed by atoms with Crippen LogP contribution in [0.5, 0.6) is 5.75 Å². The summed E-state index contributed by atoms with van der Waals surface area (Å²) in [4.78, 5) is 29.7. The van der Waals surface area contributed by atoms with E-state index in [1.165, 1.54) is 5.56 Å². The number of hydrogen-bond acceptors (Lipinski definition) is 5. The number of benzene rings is 2. The maximum atomic E-state index is 13.4. The Morgan fingerprint density at radius 1 is 1.14 bits per heavy atom. The number of methoxy groups -OCH3 is 1. The Morgan fingerprint density at radius 2 is 1.86 bits per heavy atom. The summed E-state index contributed by atoms with van der Waals surface area (Å²) >= 11 is 0. The molecule has 1 aliphatic heterocycles. The van der Waals surface area contributed by atoms with Crippen molar-refractivity contribution in [3.63, 3.8) is 0 Å². The van der Waals surface area contributed by atoms with E-state index in [1.807, 2.05) is 19.9 Å². The Bertz CT molecular complexity index is 1010. The molecule has 36 heavy (non-hydrogen) atoms. The average molecular weight is 497 g/mol. The second-order valence-corrected chi connectivity index (χ2v) is 9.98. The average Bonchev–Trinajstić information content (AvgIpc) is 2.84. The van der Waals surface area contributed by atoms with Gasteiger partial charge in [-0.15, -0.1) is 0 Å². The van der Waals surface area contributed by atoms with Crippen LogP contribution in [0.3, 0.4) is 0 Å². The third-order valence-electron chi connectivity index (χ3n) is 6.48. The standard InChI is InChI=1S/C28H40N4O4/c1-19(2)29-28(34)30-23-12-13-24-25(14-23)36-18-21(4)32(16-22-10-8-7-9-11-22)15-20(3)26(35-6)17-31(5)27(24)33/h7-14,19-21,26H,15-18H2,1-6H3,(H2,29,30,34)/t20-,21-,26+/m1/s1. The summed E-state index contributed by atoms with van der Waals surface area (Å²) in [5.41, 5.74) is 2.25. The second kappa shape index (κ2) is 12.7. The van der Waals surface area contributed by atoms with Crippen molar-refractivity contribution in [3.05, 3.63) is 59.7 Å². The van der Waals surface area contributed by atoms with E-state index < -0.39 is 0 Å². The number of carbonyl (C=O) groups is 2. The zero-order chi connectivity index (χ0) is 26.2. The van der Waals surface area contributed by atoms with Crippen LogP contribution in [-0.4, -0.2) is 73.8 Å². The molecular formula is C28H40N4O4. The summed E-state index contributed by atoms with van der Waals surface area (Å²) in [6.07, 6.45) is -0.117. The van der Waals surface area contributed by atoms with E-state index in [0.29, 0.717) is 30.2 Å². The quantitative estimate of drug-likeness (QED) is 0.648. The van der Waals surface area contributed by atoms with Gasteiger partial charge in [0.25, 0.3) is 5.91 Å². The van der Waals surface area contributed by atoms with Crippen LogP contribution < -0.4 is 15.4 Å². The second-order valence-electron chi connectivity index (χ2n) is 9.98. The third-order valence-corrected chi connectivity index (χ3v) is 6.48. The van der Waals surface area contributed by atoms with Gasteiger partial charge in [-0.2, -0.15) is 0 Å². The molecule has 0 radical (unpaired) electrons. The van der Waals surface area contributed by atoms with E-state index >= 15 is 0 Å². The Morgan fingerprint density at radius 3 is 2.53 bits per heavy atom. The van der Waals surface area contributed by atoms with Gasteiger partial charge in [0.1, 0.15) is 12.4 Å². The lowest BCUT2D eigenvalue weighted by Gasteiger charge is -2.36. The van der Waals surface area contributed by atoms with Crippen LogP contribution in [0.15, 0.2) is 48.5 Å². The molecular weight excluding hydrogens is 456 g/mol. The van der Waals surface area contributed by atoms with Crippen LogP contribution in [0, 0.1) is 5.92 Å². The van der Waals surface area contributed by atoms with Gasteiger partial charge >= 0.3 is 6.03 Å². The number of nitrogens with one attached hydrogen (secondary N) is 2. The lowest BCUT2D eigenvalue weighted by Crippen LogP contribution is -2.46. The highest BCUT2D eigenvalue weighted by Gasteiger charge is 2.28. The van der Waals surface area contributed by atoms with Crippen molar-refractivity contribution in [2.24, 2.45) is 5.92 Å². The van der Waals surface area contributed by atoms with E-state index in [2.05, 4.69) is 53.6 Å². The lowest BCUT2D eigenvalue weighted by molar-refractivity contribution is 0.00922. The highest BCUT2D eigenvalue weighted by atomic mass is 16.5. The minimum Gasteiger partial charge on any atom is -0.491 e. The minimum atomic E-state index is -0.305. The van der Waals surface area contributed by atoms with Crippen molar-refractivity contribution in [3.8, 4) is 5.75 Å². The number of rotatable bonds is 5. The van der Waals surface area contributed by atoms with Gasteiger partial charge in [0, 0.05) is 57.6 Å². The van der Waals surface area contributed by atoms with Gasteiger partial charge in [-0.1, -0.05) is 37.3 Å². The Balaban J connectivity index is 1.91. The largest absolute Gasteiger partial charge is 0.491 e. The molecule has 8 nitrogen and oxygen atoms in total. The van der Waals surface area contributed by atoms with Gasteiger partial charge in [0.05, 0.1) is 11.7 Å². The van der Waals surface area contributed by atoms with Crippen LogP contribution in [-0.2, 0) is 11.3 Å². The molecule has 8 heteroatoms. The SMILES string of the molecule is CO[C@H]1CN(C)C(=O)c2ccc(NC(=O)NC(C)C)cc2OC[C@@H](C)N(Cc2ccccc2)C[C@H]1C. The molecule has 0 saturated carbocycles. The molecule has 1 aliphatic rings. The van der Waals surface area contributed by atoms with Crippen LogP contribution >= 0.6 is 0 Å². The molecule has 0 unspecified atom stereocenters. The molecule has 0 bridgehead atoms. The fraction of sp³-hybridized carbons (Fsp3) is 0.500. The number of ether oxygens (including phenoxy) is 2. The highest BCUT2D eigenvalue weighted by molar-refractivity contribution is 5.98. The monoisotopic (exact) mass is 496 g/mol. The van der Waals surface area contributed by atoms with Gasteiger partial charge < -0.3 is 25.0 Å². The molecule has 3 atom stereocenters. The summed E-state index contributed by atoms with van der Waals surface area (Å²) in [7, 11) is 3.48. The number of fused-ring (bicyclic) bond motifs is 1. The summed E-state index contributed by atoms with van der Waals surface area (Å²) < 4.78 is 12.1. The van der Waals surface area contributed by atoms with Crippen LogP contribution in [0.4, 0.5) is 10.5 Å². The van der Waals surface area contributed by atoms with Crippen LogP contribution in [0.2, 0.25) is 0 Å². The van der Waals surface area contributed by atoms with Crippen molar-refractivity contribution in [2.45, 2.75) is 52.4 Å². The molecule has 1 heterocycles. The van der Waals surface area contributed by atoms with Crippen molar-refractivity contribution >= 4 is 17.6 Å². The van der Waals surface area contributed by atoms with Gasteiger partial charge in [-0.3, -0.25) is 9.69 Å². The normalized spacial score (nSPS) is 21.7. The lowest BCUT2D eigenvalue weighted by atomic mass is 10.0. The van der Waals surface area contributed by atoms with Crippen LogP contribution in [0.25, 0.3) is 0 Å². The summed E-state index contributed by atoms with van der Waals surface area (Å²) in [5.74, 6) is 0.497. The van der Waals surface area contributed by atoms with Crippen molar-refractivity contribution < 1.29 is 19.1 Å². The predicted octanol–water partition coefficient (Wildman–Crippen LogP) is 4.22. The number of carbonyl (C=O) groups excluding carboxylic acids is 2. The molecule has 2 aromatic carbocycles. The first-order valence-corrected chi connectivity index (χ1v) is 12.6. The predicted molar refractivity (Wildman–Crippen MR) is 142 cm³/mol. The number of hydrogen-bond donors (Lipinski definition) is 2. The van der Waals surface area contributed by atoms with E-state index in [9.17, 15) is 9.59 Å². The number of anilines is 1. The molecule has 2 N–H and O–H groups in total. The van der Waals surface area contributed by atoms with Gasteiger partial charge in [-0.05, 0) is 44.4 Å². The molecule has 3 amide bonds. The molecule has 0 saturated heterocycles. The van der Waals surface area contributed by atoms with Crippen molar-refractivity contribution in [1.29, 1.82) is 0 Å². The molecule has 0 aromatic heterocycles. The van der Waals surface area contributed by atoms with E-state index in [1.54, 1.807) is 37.3 Å². The number of nitrogens with zero attached hydrogens (tertiary/aromatic N) is 2. The van der Waals surface area contributed by atoms with E-state index in [-0.39, 0.29) is 36.0 Å². The number of amides is 3. The Labute approximate surface area is 214 Å². The highest BCUT2D eigenvalue weighted by Crippen LogP contribution is 2.27. The Kier molecular flexibility index (Phi) is 9.73. The van der Waals surface area contributed by atoms with Crippen molar-refractivity contribution in [1.82, 2.24) is 15.1 Å². The summed E-state index contributed by atoms with van der Waals surface area (Å²) in [5, 5.41) is 5.63. The topological polar surface area (TPSA) is 83.1 Å². The molecule has 3 rings (SSSR count). The first-order chi connectivity index (χ1) is 17.2. The minimum absolute atomic E-state index is 0.00772. The summed E-state index contributed by atoms with van der Waals surface area (Å²) in [6, 6.07) is 15.3. The molecule has 2 aromatic rings. The smallest absolute Gasteiger partial charge is 0.319 e. The van der Waals surface area contributed by atoms with Gasteiger partial charge in [0.2, 0.25) is 0 Å². The molecule has 196 valence electrons. The summed E-state index contributed by atoms with van der Waals surface area (Å²) in [6.45, 7) is 10.5. The Hall–Kier alpha value is -3.10. The first-order valence-electron chi connectivity index (χ1n) is 12.6.